The smallest absolute Gasteiger partial charge is 0.126 e. The van der Waals surface area contributed by atoms with Gasteiger partial charge in [0, 0.05) is 21.7 Å². The van der Waals surface area contributed by atoms with Crippen molar-refractivity contribution in [2.75, 3.05) is 5.32 Å². The van der Waals surface area contributed by atoms with Crippen LogP contribution in [0.25, 0.3) is 0 Å². The summed E-state index contributed by atoms with van der Waals surface area (Å²) in [6, 6.07) is 10.5. The van der Waals surface area contributed by atoms with Crippen molar-refractivity contribution in [3.8, 4) is 0 Å². The standard InChI is InChI=1S/C14H12BrClFN/c1-9-2-3-10(4-14(9)15)8-18-13-6-11(16)5-12(17)7-13/h2-7,18H,8H2,1H3. The van der Waals surface area contributed by atoms with Crippen LogP contribution in [0.4, 0.5) is 10.1 Å². The molecule has 2 aromatic carbocycles. The maximum atomic E-state index is 13.1. The first-order chi connectivity index (χ1) is 8.54. The Bertz CT molecular complexity index is 551. The third-order valence-electron chi connectivity index (χ3n) is 2.60. The summed E-state index contributed by atoms with van der Waals surface area (Å²) in [4.78, 5) is 0. The van der Waals surface area contributed by atoms with E-state index in [1.807, 2.05) is 25.1 Å². The Balaban J connectivity index is 2.08. The molecule has 0 saturated carbocycles. The Hall–Kier alpha value is -1.06. The van der Waals surface area contributed by atoms with Gasteiger partial charge in [0.15, 0.2) is 0 Å². The fourth-order valence-corrected chi connectivity index (χ4v) is 2.25. The second kappa shape index (κ2) is 5.72. The number of rotatable bonds is 3. The van der Waals surface area contributed by atoms with E-state index in [4.69, 9.17) is 11.6 Å². The van der Waals surface area contributed by atoms with Crippen LogP contribution in [0.5, 0.6) is 0 Å². The average molecular weight is 329 g/mol. The molecular weight excluding hydrogens is 317 g/mol. The third kappa shape index (κ3) is 3.47. The summed E-state index contributed by atoms with van der Waals surface area (Å²) in [6.45, 7) is 2.66. The molecule has 0 atom stereocenters. The molecule has 2 aromatic rings. The minimum absolute atomic E-state index is 0.338. The highest BCUT2D eigenvalue weighted by Gasteiger charge is 2.01. The van der Waals surface area contributed by atoms with Crippen LogP contribution in [0.1, 0.15) is 11.1 Å². The Morgan fingerprint density at radius 2 is 2.00 bits per heavy atom. The van der Waals surface area contributed by atoms with E-state index in [2.05, 4.69) is 21.2 Å². The summed E-state index contributed by atoms with van der Waals surface area (Å²) in [6.07, 6.45) is 0. The minimum atomic E-state index is -0.338. The first kappa shape index (κ1) is 13.4. The highest BCUT2D eigenvalue weighted by atomic mass is 79.9. The highest BCUT2D eigenvalue weighted by molar-refractivity contribution is 9.10. The molecule has 0 amide bonds. The van der Waals surface area contributed by atoms with Gasteiger partial charge in [-0.25, -0.2) is 4.39 Å². The Labute approximate surface area is 119 Å². The molecule has 0 aromatic heterocycles. The molecule has 94 valence electrons. The fraction of sp³-hybridized carbons (Fsp3) is 0.143. The van der Waals surface area contributed by atoms with Crippen molar-refractivity contribution in [1.29, 1.82) is 0 Å². The van der Waals surface area contributed by atoms with Crippen LogP contribution in [-0.4, -0.2) is 0 Å². The molecule has 1 N–H and O–H groups in total. The van der Waals surface area contributed by atoms with Gasteiger partial charge >= 0.3 is 0 Å². The molecule has 0 radical (unpaired) electrons. The molecule has 0 bridgehead atoms. The predicted molar refractivity (Wildman–Crippen MR) is 77.6 cm³/mol. The fourth-order valence-electron chi connectivity index (χ4n) is 1.61. The molecule has 0 aliphatic heterocycles. The zero-order chi connectivity index (χ0) is 13.1. The first-order valence-electron chi connectivity index (χ1n) is 5.49. The molecular formula is C14H12BrClFN. The predicted octanol–water partition coefficient (Wildman–Crippen LogP) is 5.16. The van der Waals surface area contributed by atoms with E-state index < -0.39 is 0 Å². The van der Waals surface area contributed by atoms with Crippen LogP contribution in [0, 0.1) is 12.7 Å². The molecule has 0 aliphatic carbocycles. The van der Waals surface area contributed by atoms with Gasteiger partial charge in [0.25, 0.3) is 0 Å². The number of benzene rings is 2. The lowest BCUT2D eigenvalue weighted by atomic mass is 10.1. The van der Waals surface area contributed by atoms with Crippen molar-refractivity contribution < 1.29 is 4.39 Å². The van der Waals surface area contributed by atoms with Gasteiger partial charge in [-0.05, 0) is 42.3 Å². The van der Waals surface area contributed by atoms with Gasteiger partial charge in [0.05, 0.1) is 0 Å². The molecule has 2 rings (SSSR count). The van der Waals surface area contributed by atoms with Gasteiger partial charge in [-0.2, -0.15) is 0 Å². The number of nitrogens with one attached hydrogen (secondary N) is 1. The van der Waals surface area contributed by atoms with Gasteiger partial charge in [-0.15, -0.1) is 0 Å². The van der Waals surface area contributed by atoms with Gasteiger partial charge in [0.2, 0.25) is 0 Å². The second-order valence-corrected chi connectivity index (χ2v) is 5.39. The maximum Gasteiger partial charge on any atom is 0.126 e. The van der Waals surface area contributed by atoms with E-state index in [-0.39, 0.29) is 5.82 Å². The van der Waals surface area contributed by atoms with Gasteiger partial charge in [0.1, 0.15) is 5.82 Å². The average Bonchev–Trinajstić information content (AvgIpc) is 2.29. The van der Waals surface area contributed by atoms with Gasteiger partial charge < -0.3 is 5.32 Å². The van der Waals surface area contributed by atoms with Crippen molar-refractivity contribution in [3.05, 3.63) is 62.8 Å². The van der Waals surface area contributed by atoms with E-state index in [1.165, 1.54) is 17.7 Å². The molecule has 0 fully saturated rings. The zero-order valence-corrected chi connectivity index (χ0v) is 12.1. The summed E-state index contributed by atoms with van der Waals surface area (Å²) in [5, 5.41) is 3.54. The summed E-state index contributed by atoms with van der Waals surface area (Å²) >= 11 is 9.28. The van der Waals surface area contributed by atoms with Crippen LogP contribution in [0.15, 0.2) is 40.9 Å². The zero-order valence-electron chi connectivity index (χ0n) is 9.81. The molecule has 0 aliphatic rings. The van der Waals surface area contributed by atoms with E-state index in [9.17, 15) is 4.39 Å². The van der Waals surface area contributed by atoms with E-state index >= 15 is 0 Å². The number of hydrogen-bond acceptors (Lipinski definition) is 1. The van der Waals surface area contributed by atoms with E-state index in [1.54, 1.807) is 6.07 Å². The van der Waals surface area contributed by atoms with Crippen molar-refractivity contribution in [1.82, 2.24) is 0 Å². The topological polar surface area (TPSA) is 12.0 Å². The molecule has 1 nitrogen and oxygen atoms in total. The van der Waals surface area contributed by atoms with Crippen LogP contribution in [0.2, 0.25) is 5.02 Å². The van der Waals surface area contributed by atoms with Crippen molar-refractivity contribution in [2.45, 2.75) is 13.5 Å². The lowest BCUT2D eigenvalue weighted by Gasteiger charge is -2.08. The maximum absolute atomic E-state index is 13.1. The van der Waals surface area contributed by atoms with Crippen LogP contribution in [-0.2, 0) is 6.54 Å². The van der Waals surface area contributed by atoms with Crippen LogP contribution >= 0.6 is 27.5 Å². The van der Waals surface area contributed by atoms with Crippen molar-refractivity contribution in [2.24, 2.45) is 0 Å². The van der Waals surface area contributed by atoms with Gasteiger partial charge in [-0.1, -0.05) is 39.7 Å². The molecule has 0 heterocycles. The second-order valence-electron chi connectivity index (χ2n) is 4.10. The summed E-state index contributed by atoms with van der Waals surface area (Å²) < 4.78 is 14.2. The van der Waals surface area contributed by atoms with E-state index in [0.29, 0.717) is 17.3 Å². The van der Waals surface area contributed by atoms with Gasteiger partial charge in [-0.3, -0.25) is 0 Å². The molecule has 0 saturated heterocycles. The Morgan fingerprint density at radius 3 is 2.67 bits per heavy atom. The summed E-state index contributed by atoms with van der Waals surface area (Å²) in [5.41, 5.74) is 2.98. The number of hydrogen-bond donors (Lipinski definition) is 1. The van der Waals surface area contributed by atoms with Crippen LogP contribution in [0.3, 0.4) is 0 Å². The minimum Gasteiger partial charge on any atom is -0.381 e. The Kier molecular flexibility index (Phi) is 4.25. The third-order valence-corrected chi connectivity index (χ3v) is 3.67. The van der Waals surface area contributed by atoms with Crippen molar-refractivity contribution in [3.63, 3.8) is 0 Å². The SMILES string of the molecule is Cc1ccc(CNc2cc(F)cc(Cl)c2)cc1Br. The molecule has 0 unspecified atom stereocenters. The monoisotopic (exact) mass is 327 g/mol. The Morgan fingerprint density at radius 1 is 1.22 bits per heavy atom. The quantitative estimate of drug-likeness (QED) is 0.820. The largest absolute Gasteiger partial charge is 0.381 e. The molecule has 0 spiro atoms. The number of aryl methyl sites for hydroxylation is 1. The molecule has 18 heavy (non-hydrogen) atoms. The number of anilines is 1. The summed E-state index contributed by atoms with van der Waals surface area (Å²) in [5.74, 6) is -0.338. The summed E-state index contributed by atoms with van der Waals surface area (Å²) in [7, 11) is 0. The normalized spacial score (nSPS) is 10.4. The number of halogens is 3. The molecule has 4 heteroatoms. The first-order valence-corrected chi connectivity index (χ1v) is 6.67. The lowest BCUT2D eigenvalue weighted by molar-refractivity contribution is 0.628. The highest BCUT2D eigenvalue weighted by Crippen LogP contribution is 2.21. The van der Waals surface area contributed by atoms with Crippen molar-refractivity contribution >= 4 is 33.2 Å². The van der Waals surface area contributed by atoms with Crippen LogP contribution < -0.4 is 5.32 Å². The lowest BCUT2D eigenvalue weighted by Crippen LogP contribution is -2.00. The van der Waals surface area contributed by atoms with E-state index in [0.717, 1.165) is 10.0 Å².